The number of thiophene rings is 1. The van der Waals surface area contributed by atoms with Crippen LogP contribution in [0.2, 0.25) is 0 Å². The van der Waals surface area contributed by atoms with Crippen LogP contribution in [0.15, 0.2) is 94.5 Å². The van der Waals surface area contributed by atoms with E-state index in [0.29, 0.717) is 35.4 Å². The zero-order valence-corrected chi connectivity index (χ0v) is 28.0. The average Bonchev–Trinajstić information content (AvgIpc) is 3.88. The van der Waals surface area contributed by atoms with E-state index >= 15 is 0 Å². The van der Waals surface area contributed by atoms with E-state index in [4.69, 9.17) is 9.84 Å². The van der Waals surface area contributed by atoms with Crippen molar-refractivity contribution in [2.75, 3.05) is 12.4 Å². The summed E-state index contributed by atoms with van der Waals surface area (Å²) >= 11 is 2.69. The van der Waals surface area contributed by atoms with Crippen molar-refractivity contribution in [3.05, 3.63) is 128 Å². The lowest BCUT2D eigenvalue weighted by Gasteiger charge is -2.22. The standard InChI is InChI=1S/C34H30FN7O5S2/c1-3-47-25-15-13-24(14-16-25)40-31(19-36-33(44)26-6-4-7-28(21(26)2)42(45)46)37-38-34(40)49-20-32(43)41-29(22-9-11-23(35)12-10-22)18-27(39-41)30-8-5-17-48-30/h4-17,29H,3,18-20H2,1-2H3,(H,36,44)/t29-/m1/s1. The fourth-order valence-corrected chi connectivity index (χ4v) is 6.96. The molecule has 2 aromatic heterocycles. The minimum absolute atomic E-state index is 0.0344. The van der Waals surface area contributed by atoms with Crippen LogP contribution in [0.4, 0.5) is 10.1 Å². The van der Waals surface area contributed by atoms with E-state index in [-0.39, 0.29) is 40.8 Å². The number of nitrogens with zero attached hydrogens (tertiary/aromatic N) is 6. The molecule has 6 rings (SSSR count). The minimum atomic E-state index is -0.530. The first-order valence-electron chi connectivity index (χ1n) is 15.2. The minimum Gasteiger partial charge on any atom is -0.494 e. The molecule has 0 bridgehead atoms. The van der Waals surface area contributed by atoms with Gasteiger partial charge in [0.25, 0.3) is 17.5 Å². The predicted molar refractivity (Wildman–Crippen MR) is 184 cm³/mol. The fraction of sp³-hybridized carbons (Fsp3) is 0.206. The highest BCUT2D eigenvalue weighted by atomic mass is 32.2. The third-order valence-corrected chi connectivity index (χ3v) is 9.64. The number of nitro groups is 1. The lowest BCUT2D eigenvalue weighted by molar-refractivity contribution is -0.385. The van der Waals surface area contributed by atoms with E-state index in [0.717, 1.165) is 27.9 Å². The number of aromatic nitrogens is 3. The Bertz CT molecular complexity index is 2020. The quantitative estimate of drug-likeness (QED) is 0.0885. The molecule has 5 aromatic rings. The Kier molecular flexibility index (Phi) is 10.1. The first-order chi connectivity index (χ1) is 23.7. The van der Waals surface area contributed by atoms with E-state index in [2.05, 4.69) is 15.5 Å². The molecule has 3 aromatic carbocycles. The smallest absolute Gasteiger partial charge is 0.273 e. The van der Waals surface area contributed by atoms with Crippen LogP contribution >= 0.6 is 23.1 Å². The summed E-state index contributed by atoms with van der Waals surface area (Å²) in [5, 5.41) is 31.4. The number of rotatable bonds is 12. The number of amides is 2. The van der Waals surface area contributed by atoms with Crippen LogP contribution in [0.25, 0.3) is 5.69 Å². The van der Waals surface area contributed by atoms with Crippen LogP contribution in [0, 0.1) is 22.9 Å². The summed E-state index contributed by atoms with van der Waals surface area (Å²) in [4.78, 5) is 38.7. The van der Waals surface area contributed by atoms with E-state index in [9.17, 15) is 24.1 Å². The largest absolute Gasteiger partial charge is 0.494 e. The molecule has 49 heavy (non-hydrogen) atoms. The number of benzene rings is 3. The maximum atomic E-state index is 13.8. The Morgan fingerprint density at radius 3 is 2.55 bits per heavy atom. The molecule has 0 saturated heterocycles. The highest BCUT2D eigenvalue weighted by Gasteiger charge is 2.34. The molecule has 0 fully saturated rings. The Morgan fingerprint density at radius 1 is 1.08 bits per heavy atom. The molecule has 0 unspecified atom stereocenters. The number of carbonyl (C=O) groups excluding carboxylic acids is 2. The van der Waals surface area contributed by atoms with E-state index in [1.807, 2.05) is 36.6 Å². The maximum absolute atomic E-state index is 13.8. The number of ether oxygens (including phenoxy) is 1. The second-order valence-corrected chi connectivity index (χ2v) is 12.8. The first kappa shape index (κ1) is 33.5. The molecule has 15 heteroatoms. The van der Waals surface area contributed by atoms with Crippen molar-refractivity contribution >= 4 is 46.3 Å². The van der Waals surface area contributed by atoms with Crippen LogP contribution in [0.1, 0.15) is 51.6 Å². The lowest BCUT2D eigenvalue weighted by Crippen LogP contribution is -2.28. The van der Waals surface area contributed by atoms with Crippen LogP contribution in [-0.2, 0) is 11.3 Å². The molecule has 2 amide bonds. The second-order valence-electron chi connectivity index (χ2n) is 10.9. The van der Waals surface area contributed by atoms with Gasteiger partial charge in [-0.1, -0.05) is 36.0 Å². The van der Waals surface area contributed by atoms with Crippen LogP contribution < -0.4 is 10.1 Å². The number of halogens is 1. The van der Waals surface area contributed by atoms with Crippen molar-refractivity contribution in [2.45, 2.75) is 38.0 Å². The van der Waals surface area contributed by atoms with Gasteiger partial charge in [-0.2, -0.15) is 5.10 Å². The molecule has 12 nitrogen and oxygen atoms in total. The fourth-order valence-electron chi connectivity index (χ4n) is 5.42. The summed E-state index contributed by atoms with van der Waals surface area (Å²) in [5.74, 6) is -0.141. The van der Waals surface area contributed by atoms with Crippen LogP contribution in [0.3, 0.4) is 0 Å². The van der Waals surface area contributed by atoms with Gasteiger partial charge < -0.3 is 10.1 Å². The van der Waals surface area contributed by atoms with Gasteiger partial charge in [0, 0.05) is 29.3 Å². The summed E-state index contributed by atoms with van der Waals surface area (Å²) in [6, 6.07) is 21.1. The molecular formula is C34H30FN7O5S2. The van der Waals surface area contributed by atoms with Gasteiger partial charge in [0.15, 0.2) is 11.0 Å². The molecular weight excluding hydrogens is 670 g/mol. The number of nitro benzene ring substituents is 1. The Hall–Kier alpha value is -5.41. The molecule has 0 aliphatic carbocycles. The molecule has 0 saturated carbocycles. The van der Waals surface area contributed by atoms with Gasteiger partial charge in [-0.3, -0.25) is 24.3 Å². The number of carbonyl (C=O) groups is 2. The van der Waals surface area contributed by atoms with Crippen molar-refractivity contribution in [3.8, 4) is 11.4 Å². The van der Waals surface area contributed by atoms with Gasteiger partial charge in [-0.05, 0) is 73.3 Å². The molecule has 1 aliphatic rings. The summed E-state index contributed by atoms with van der Waals surface area (Å²) in [5.41, 5.74) is 2.48. The van der Waals surface area contributed by atoms with Gasteiger partial charge in [-0.25, -0.2) is 9.40 Å². The molecule has 1 atom stereocenters. The first-order valence-corrected chi connectivity index (χ1v) is 17.1. The van der Waals surface area contributed by atoms with Gasteiger partial charge >= 0.3 is 0 Å². The Labute approximate surface area is 288 Å². The van der Waals surface area contributed by atoms with Crippen LogP contribution in [0.5, 0.6) is 5.75 Å². The van der Waals surface area contributed by atoms with Gasteiger partial charge in [0.05, 0.1) is 40.5 Å². The molecule has 3 heterocycles. The summed E-state index contributed by atoms with van der Waals surface area (Å²) < 4.78 is 21.1. The maximum Gasteiger partial charge on any atom is 0.273 e. The van der Waals surface area contributed by atoms with Gasteiger partial charge in [0.1, 0.15) is 11.6 Å². The molecule has 1 aliphatic heterocycles. The number of thioether (sulfide) groups is 1. The van der Waals surface area contributed by atoms with Crippen molar-refractivity contribution in [3.63, 3.8) is 0 Å². The van der Waals surface area contributed by atoms with E-state index in [1.54, 1.807) is 28.8 Å². The third kappa shape index (κ3) is 7.37. The number of nitrogens with one attached hydrogen (secondary N) is 1. The summed E-state index contributed by atoms with van der Waals surface area (Å²) in [7, 11) is 0. The lowest BCUT2D eigenvalue weighted by atomic mass is 10.0. The average molecular weight is 700 g/mol. The normalized spacial score (nSPS) is 14.1. The van der Waals surface area contributed by atoms with Crippen molar-refractivity contribution < 1.29 is 23.6 Å². The Balaban J connectivity index is 1.25. The summed E-state index contributed by atoms with van der Waals surface area (Å²) in [6.45, 7) is 3.85. The van der Waals surface area contributed by atoms with Gasteiger partial charge in [-0.15, -0.1) is 21.5 Å². The molecule has 250 valence electrons. The molecule has 0 radical (unpaired) electrons. The number of hydrazone groups is 1. The highest BCUT2D eigenvalue weighted by Crippen LogP contribution is 2.35. The molecule has 1 N–H and O–H groups in total. The summed E-state index contributed by atoms with van der Waals surface area (Å²) in [6.07, 6.45) is 0.485. The van der Waals surface area contributed by atoms with Crippen molar-refractivity contribution in [1.82, 2.24) is 25.1 Å². The van der Waals surface area contributed by atoms with Crippen LogP contribution in [-0.4, -0.2) is 54.6 Å². The third-order valence-electron chi connectivity index (χ3n) is 7.81. The Morgan fingerprint density at radius 2 is 1.86 bits per heavy atom. The highest BCUT2D eigenvalue weighted by molar-refractivity contribution is 7.99. The predicted octanol–water partition coefficient (Wildman–Crippen LogP) is 6.48. The van der Waals surface area contributed by atoms with Crippen molar-refractivity contribution in [1.29, 1.82) is 0 Å². The molecule has 0 spiro atoms. The van der Waals surface area contributed by atoms with Gasteiger partial charge in [0.2, 0.25) is 0 Å². The zero-order valence-electron chi connectivity index (χ0n) is 26.4. The van der Waals surface area contributed by atoms with E-state index in [1.165, 1.54) is 53.6 Å². The van der Waals surface area contributed by atoms with E-state index < -0.39 is 16.9 Å². The monoisotopic (exact) mass is 699 g/mol. The number of hydrogen-bond acceptors (Lipinski definition) is 10. The second kappa shape index (κ2) is 14.8. The topological polar surface area (TPSA) is 145 Å². The zero-order chi connectivity index (χ0) is 34.5. The SMILES string of the molecule is CCOc1ccc(-n2c(CNC(=O)c3cccc([N+](=O)[O-])c3C)nnc2SCC(=O)N2N=C(c3cccs3)C[C@@H]2c2ccc(F)cc2)cc1. The van der Waals surface area contributed by atoms with Crippen molar-refractivity contribution in [2.24, 2.45) is 5.10 Å². The number of hydrogen-bond donors (Lipinski definition) is 1.